The molecule has 13 heavy (non-hydrogen) atoms. The van der Waals surface area contributed by atoms with Crippen molar-refractivity contribution >= 4 is 12.1 Å². The highest BCUT2D eigenvalue weighted by Crippen LogP contribution is 2.02. The Labute approximate surface area is 73.4 Å². The van der Waals surface area contributed by atoms with Gasteiger partial charge in [0.05, 0.1) is 0 Å². The molecule has 1 aliphatic heterocycles. The summed E-state index contributed by atoms with van der Waals surface area (Å²) in [7, 11) is 0. The van der Waals surface area contributed by atoms with Gasteiger partial charge in [-0.2, -0.15) is 0 Å². The Hall–Kier alpha value is -1.76. The molecule has 0 amide bonds. The first kappa shape index (κ1) is 9.33. The minimum atomic E-state index is -0.831. The predicted octanol–water partition coefficient (Wildman–Crippen LogP) is -1.00. The fourth-order valence-electron chi connectivity index (χ4n) is 0.571. The number of nitrogens with two attached hydrogens (primary N) is 1. The summed E-state index contributed by atoms with van der Waals surface area (Å²) in [6, 6.07) is 0. The quantitative estimate of drug-likeness (QED) is 0.333. The molecule has 7 nitrogen and oxygen atoms in total. The average Bonchev–Trinajstić information content (AvgIpc) is 2.47. The average molecular weight is 188 g/mol. The van der Waals surface area contributed by atoms with E-state index in [9.17, 15) is 9.59 Å². The summed E-state index contributed by atoms with van der Waals surface area (Å²) < 4.78 is 8.86. The predicted molar refractivity (Wildman–Crippen MR) is 38.8 cm³/mol. The first-order chi connectivity index (χ1) is 6.09. The Morgan fingerprint density at radius 3 is 2.92 bits per heavy atom. The van der Waals surface area contributed by atoms with Crippen LogP contribution in [0, 0.1) is 0 Å². The van der Waals surface area contributed by atoms with Crippen molar-refractivity contribution in [3.05, 3.63) is 12.3 Å². The number of hydroxylamine groups is 1. The Morgan fingerprint density at radius 2 is 2.46 bits per heavy atom. The summed E-state index contributed by atoms with van der Waals surface area (Å²) in [5.41, 5.74) is 6.88. The lowest BCUT2D eigenvalue weighted by molar-refractivity contribution is -0.152. The molecule has 3 N–H and O–H groups in total. The molecule has 0 spiro atoms. The fraction of sp³-hybridized carbons (Fsp3) is 0.333. The normalized spacial score (nSPS) is 20.3. The number of ether oxygens (including phenoxy) is 2. The lowest BCUT2D eigenvalue weighted by atomic mass is 10.5. The molecule has 1 fully saturated rings. The maximum atomic E-state index is 10.7. The van der Waals surface area contributed by atoms with Crippen LogP contribution in [0.3, 0.4) is 0 Å². The van der Waals surface area contributed by atoms with Crippen LogP contribution in [0.4, 0.5) is 4.79 Å². The third kappa shape index (κ3) is 2.64. The van der Waals surface area contributed by atoms with Gasteiger partial charge < -0.3 is 20.0 Å². The number of rotatable bonds is 3. The van der Waals surface area contributed by atoms with Gasteiger partial charge in [-0.3, -0.25) is 0 Å². The summed E-state index contributed by atoms with van der Waals surface area (Å²) >= 11 is 0. The van der Waals surface area contributed by atoms with E-state index in [1.165, 1.54) is 0 Å². The smallest absolute Gasteiger partial charge is 0.429 e. The maximum Gasteiger partial charge on any atom is 0.510 e. The standard InChI is InChI=1S/C6H8N2O5/c1-3(7)5(9)13-8-4-2-11-6(10)12-4/h4,8H,1-2,7H2. The van der Waals surface area contributed by atoms with E-state index in [-0.39, 0.29) is 12.3 Å². The van der Waals surface area contributed by atoms with Crippen LogP contribution >= 0.6 is 0 Å². The van der Waals surface area contributed by atoms with Crippen molar-refractivity contribution in [1.29, 1.82) is 0 Å². The molecule has 1 atom stereocenters. The van der Waals surface area contributed by atoms with E-state index in [1.807, 2.05) is 0 Å². The zero-order valence-corrected chi connectivity index (χ0v) is 6.61. The molecule has 1 aliphatic rings. The second kappa shape index (κ2) is 3.76. The van der Waals surface area contributed by atoms with Crippen molar-refractivity contribution in [2.75, 3.05) is 6.61 Å². The van der Waals surface area contributed by atoms with Gasteiger partial charge >= 0.3 is 12.1 Å². The lowest BCUT2D eigenvalue weighted by Gasteiger charge is -2.07. The molecule has 0 radical (unpaired) electrons. The molecule has 0 aliphatic carbocycles. The summed E-state index contributed by atoms with van der Waals surface area (Å²) in [6.07, 6.45) is -1.61. The van der Waals surface area contributed by atoms with Crippen molar-refractivity contribution in [1.82, 2.24) is 5.48 Å². The maximum absolute atomic E-state index is 10.7. The van der Waals surface area contributed by atoms with Gasteiger partial charge in [0.2, 0.25) is 6.23 Å². The topological polar surface area (TPSA) is 99.9 Å². The Morgan fingerprint density at radius 1 is 1.77 bits per heavy atom. The molecule has 0 saturated carbocycles. The molecular weight excluding hydrogens is 180 g/mol. The first-order valence-corrected chi connectivity index (χ1v) is 3.34. The van der Waals surface area contributed by atoms with Gasteiger partial charge in [-0.1, -0.05) is 6.58 Å². The Balaban J connectivity index is 2.23. The molecule has 1 saturated heterocycles. The number of carbonyl (C=O) groups is 2. The van der Waals surface area contributed by atoms with E-state index in [4.69, 9.17) is 5.73 Å². The van der Waals surface area contributed by atoms with Crippen LogP contribution in [0.1, 0.15) is 0 Å². The van der Waals surface area contributed by atoms with E-state index < -0.39 is 18.4 Å². The van der Waals surface area contributed by atoms with Crippen molar-refractivity contribution in [2.24, 2.45) is 5.73 Å². The van der Waals surface area contributed by atoms with Crippen molar-refractivity contribution in [3.8, 4) is 0 Å². The van der Waals surface area contributed by atoms with E-state index in [0.717, 1.165) is 0 Å². The van der Waals surface area contributed by atoms with E-state index in [1.54, 1.807) is 0 Å². The molecular formula is C6H8N2O5. The SMILES string of the molecule is C=C(N)C(=O)ONC1COC(=O)O1. The number of nitrogens with one attached hydrogen (secondary N) is 1. The molecule has 72 valence electrons. The first-order valence-electron chi connectivity index (χ1n) is 3.34. The lowest BCUT2D eigenvalue weighted by Crippen LogP contribution is -2.34. The zero-order chi connectivity index (χ0) is 9.84. The van der Waals surface area contributed by atoms with Crippen molar-refractivity contribution in [2.45, 2.75) is 6.23 Å². The van der Waals surface area contributed by atoms with Crippen LogP contribution in [0.15, 0.2) is 12.3 Å². The largest absolute Gasteiger partial charge is 0.510 e. The molecule has 1 rings (SSSR count). The molecule has 0 aromatic heterocycles. The van der Waals surface area contributed by atoms with Gasteiger partial charge in [0, 0.05) is 0 Å². The van der Waals surface area contributed by atoms with Gasteiger partial charge in [-0.25, -0.2) is 9.59 Å². The fourth-order valence-corrected chi connectivity index (χ4v) is 0.571. The van der Waals surface area contributed by atoms with E-state index >= 15 is 0 Å². The molecule has 0 aromatic rings. The van der Waals surface area contributed by atoms with Crippen LogP contribution in [-0.2, 0) is 19.1 Å². The van der Waals surface area contributed by atoms with Crippen LogP contribution in [-0.4, -0.2) is 25.0 Å². The highest BCUT2D eigenvalue weighted by atomic mass is 16.8. The van der Waals surface area contributed by atoms with Gasteiger partial charge in [-0.15, -0.1) is 5.48 Å². The minimum Gasteiger partial charge on any atom is -0.429 e. The summed E-state index contributed by atoms with van der Waals surface area (Å²) in [4.78, 5) is 25.4. The highest BCUT2D eigenvalue weighted by molar-refractivity contribution is 5.86. The van der Waals surface area contributed by atoms with Crippen molar-refractivity contribution in [3.63, 3.8) is 0 Å². The van der Waals surface area contributed by atoms with Crippen LogP contribution in [0.2, 0.25) is 0 Å². The van der Waals surface area contributed by atoms with E-state index in [2.05, 4.69) is 26.4 Å². The number of hydrogen-bond donors (Lipinski definition) is 2. The molecule has 0 bridgehead atoms. The molecule has 1 unspecified atom stereocenters. The summed E-state index contributed by atoms with van der Waals surface area (Å²) in [5, 5.41) is 0. The molecule has 7 heteroatoms. The van der Waals surface area contributed by atoms with Gasteiger partial charge in [0.15, 0.2) is 0 Å². The molecule has 0 aromatic carbocycles. The monoisotopic (exact) mass is 188 g/mol. The summed E-state index contributed by atoms with van der Waals surface area (Å²) in [5.74, 6) is -0.831. The summed E-state index contributed by atoms with van der Waals surface area (Å²) in [6.45, 7) is 3.11. The van der Waals surface area contributed by atoms with Crippen LogP contribution in [0.5, 0.6) is 0 Å². The second-order valence-corrected chi connectivity index (χ2v) is 2.20. The zero-order valence-electron chi connectivity index (χ0n) is 6.61. The number of cyclic esters (lactones) is 2. The highest BCUT2D eigenvalue weighted by Gasteiger charge is 2.25. The Kier molecular flexibility index (Phi) is 2.70. The second-order valence-electron chi connectivity index (χ2n) is 2.20. The number of hydrogen-bond acceptors (Lipinski definition) is 7. The van der Waals surface area contributed by atoms with Crippen LogP contribution in [0.25, 0.3) is 0 Å². The minimum absolute atomic E-state index is 0.0246. The Bertz CT molecular complexity index is 251. The third-order valence-corrected chi connectivity index (χ3v) is 1.14. The van der Waals surface area contributed by atoms with Crippen molar-refractivity contribution < 1.29 is 23.9 Å². The number of carbonyl (C=O) groups excluding carboxylic acids is 2. The van der Waals surface area contributed by atoms with Crippen LogP contribution < -0.4 is 11.2 Å². The third-order valence-electron chi connectivity index (χ3n) is 1.14. The van der Waals surface area contributed by atoms with E-state index in [0.29, 0.717) is 0 Å². The van der Waals surface area contributed by atoms with Gasteiger partial charge in [-0.05, 0) is 0 Å². The van der Waals surface area contributed by atoms with Gasteiger partial charge in [0.25, 0.3) is 0 Å². The molecule has 1 heterocycles. The van der Waals surface area contributed by atoms with Gasteiger partial charge in [0.1, 0.15) is 12.3 Å².